The van der Waals surface area contributed by atoms with Crippen LogP contribution in [0.5, 0.6) is 0 Å². The molecule has 3 aromatic rings. The maximum Gasteiger partial charge on any atom is 0.282 e. The summed E-state index contributed by atoms with van der Waals surface area (Å²) in [6, 6.07) is 15.8. The zero-order chi connectivity index (χ0) is 14.0. The van der Waals surface area contributed by atoms with Gasteiger partial charge < -0.3 is 4.98 Å². The fraction of sp³-hybridized carbons (Fsp3) is 0. The van der Waals surface area contributed by atoms with E-state index < -0.39 is 10.0 Å². The first-order chi connectivity index (χ1) is 9.67. The van der Waals surface area contributed by atoms with Gasteiger partial charge in [0.05, 0.1) is 4.90 Å². The van der Waals surface area contributed by atoms with Crippen molar-refractivity contribution in [2.24, 2.45) is 4.40 Å². The molecular weight excluding hydrogens is 272 g/mol. The first kappa shape index (κ1) is 12.6. The second-order valence-corrected chi connectivity index (χ2v) is 5.94. The predicted molar refractivity (Wildman–Crippen MR) is 79.5 cm³/mol. The summed E-state index contributed by atoms with van der Waals surface area (Å²) in [7, 11) is -3.65. The van der Waals surface area contributed by atoms with Gasteiger partial charge in [0.15, 0.2) is 0 Å². The molecule has 20 heavy (non-hydrogen) atoms. The van der Waals surface area contributed by atoms with Crippen molar-refractivity contribution in [2.45, 2.75) is 4.90 Å². The summed E-state index contributed by atoms with van der Waals surface area (Å²) in [6.45, 7) is 0. The van der Waals surface area contributed by atoms with Gasteiger partial charge in [0.25, 0.3) is 10.0 Å². The van der Waals surface area contributed by atoms with Gasteiger partial charge in [0.2, 0.25) is 0 Å². The molecule has 1 N–H and O–H groups in total. The molecule has 0 amide bonds. The molecule has 5 heteroatoms. The minimum atomic E-state index is -3.65. The maximum absolute atomic E-state index is 12.1. The van der Waals surface area contributed by atoms with Crippen molar-refractivity contribution < 1.29 is 8.42 Å². The van der Waals surface area contributed by atoms with Gasteiger partial charge in [-0.1, -0.05) is 36.4 Å². The van der Waals surface area contributed by atoms with Crippen molar-refractivity contribution in [2.75, 3.05) is 0 Å². The van der Waals surface area contributed by atoms with Crippen molar-refractivity contribution in [3.63, 3.8) is 0 Å². The van der Waals surface area contributed by atoms with E-state index in [-0.39, 0.29) is 4.90 Å². The standard InChI is InChI=1S/C15H12N2O2S/c18-20(19,13-6-2-1-3-7-13)17-11-12-10-16-15-9-5-4-8-14(12)15/h1-11,16H. The Morgan fingerprint density at radius 2 is 1.65 bits per heavy atom. The third kappa shape index (κ3) is 2.35. The average molecular weight is 284 g/mol. The maximum atomic E-state index is 12.1. The second-order valence-electron chi connectivity index (χ2n) is 4.31. The van der Waals surface area contributed by atoms with Crippen LogP contribution in [0.2, 0.25) is 0 Å². The van der Waals surface area contributed by atoms with Crippen LogP contribution in [0.15, 0.2) is 70.1 Å². The molecule has 2 aromatic carbocycles. The van der Waals surface area contributed by atoms with E-state index in [0.29, 0.717) is 0 Å². The van der Waals surface area contributed by atoms with Crippen molar-refractivity contribution >= 4 is 27.1 Å². The highest BCUT2D eigenvalue weighted by Crippen LogP contribution is 2.17. The molecule has 0 aliphatic carbocycles. The summed E-state index contributed by atoms with van der Waals surface area (Å²) in [5, 5.41) is 0.944. The molecular formula is C15H12N2O2S. The lowest BCUT2D eigenvalue weighted by atomic mass is 10.2. The Bertz CT molecular complexity index is 865. The second kappa shape index (κ2) is 4.94. The number of aromatic amines is 1. The third-order valence-corrected chi connectivity index (χ3v) is 4.24. The molecule has 0 atom stereocenters. The quantitative estimate of drug-likeness (QED) is 0.751. The largest absolute Gasteiger partial charge is 0.361 e. The van der Waals surface area contributed by atoms with Crippen LogP contribution in [0.1, 0.15) is 5.56 Å². The van der Waals surface area contributed by atoms with Gasteiger partial charge in [-0.05, 0) is 18.2 Å². The Labute approximate surface area is 116 Å². The monoisotopic (exact) mass is 284 g/mol. The van der Waals surface area contributed by atoms with Crippen LogP contribution in [-0.4, -0.2) is 19.6 Å². The van der Waals surface area contributed by atoms with Crippen molar-refractivity contribution in [1.29, 1.82) is 0 Å². The van der Waals surface area contributed by atoms with E-state index in [0.717, 1.165) is 16.5 Å². The Kier molecular flexibility index (Phi) is 3.12. The number of para-hydroxylation sites is 1. The summed E-state index contributed by atoms with van der Waals surface area (Å²) in [5.74, 6) is 0. The van der Waals surface area contributed by atoms with E-state index in [1.54, 1.807) is 24.4 Å². The smallest absolute Gasteiger partial charge is 0.282 e. The molecule has 4 nitrogen and oxygen atoms in total. The van der Waals surface area contributed by atoms with Gasteiger partial charge in [0.1, 0.15) is 0 Å². The normalized spacial score (nSPS) is 12.2. The Balaban J connectivity index is 1.99. The Morgan fingerprint density at radius 3 is 2.45 bits per heavy atom. The summed E-state index contributed by atoms with van der Waals surface area (Å²) < 4.78 is 27.9. The number of nitrogens with zero attached hydrogens (tertiary/aromatic N) is 1. The minimum Gasteiger partial charge on any atom is -0.361 e. The number of aromatic nitrogens is 1. The first-order valence-electron chi connectivity index (χ1n) is 6.08. The summed E-state index contributed by atoms with van der Waals surface area (Å²) in [6.07, 6.45) is 3.12. The van der Waals surface area contributed by atoms with Crippen molar-refractivity contribution in [3.8, 4) is 0 Å². The highest BCUT2D eigenvalue weighted by molar-refractivity contribution is 7.90. The minimum absolute atomic E-state index is 0.191. The molecule has 0 aliphatic rings. The van der Waals surface area contributed by atoms with Gasteiger partial charge in [-0.2, -0.15) is 12.8 Å². The van der Waals surface area contributed by atoms with Crippen LogP contribution >= 0.6 is 0 Å². The van der Waals surface area contributed by atoms with Gasteiger partial charge in [-0.25, -0.2) is 0 Å². The van der Waals surface area contributed by atoms with Gasteiger partial charge in [-0.15, -0.1) is 0 Å². The number of rotatable bonds is 3. The van der Waals surface area contributed by atoms with Crippen LogP contribution in [0.3, 0.4) is 0 Å². The summed E-state index contributed by atoms with van der Waals surface area (Å²) in [5.41, 5.74) is 1.70. The number of sulfonamides is 1. The molecule has 0 saturated heterocycles. The Hall–Kier alpha value is -2.40. The molecule has 0 bridgehead atoms. The molecule has 1 aromatic heterocycles. The molecule has 0 fully saturated rings. The van der Waals surface area contributed by atoms with Crippen LogP contribution in [-0.2, 0) is 10.0 Å². The average Bonchev–Trinajstić information content (AvgIpc) is 2.89. The van der Waals surface area contributed by atoms with Crippen molar-refractivity contribution in [3.05, 3.63) is 66.4 Å². The Morgan fingerprint density at radius 1 is 0.950 bits per heavy atom. The van der Waals surface area contributed by atoms with Crippen molar-refractivity contribution in [1.82, 2.24) is 4.98 Å². The lowest BCUT2D eigenvalue weighted by Gasteiger charge is -1.97. The lowest BCUT2D eigenvalue weighted by molar-refractivity contribution is 0.598. The van der Waals surface area contributed by atoms with Gasteiger partial charge >= 0.3 is 0 Å². The van der Waals surface area contributed by atoms with Gasteiger partial charge in [0, 0.05) is 28.9 Å². The number of fused-ring (bicyclic) bond motifs is 1. The van der Waals surface area contributed by atoms with Crippen LogP contribution < -0.4 is 0 Å². The molecule has 0 unspecified atom stereocenters. The highest BCUT2D eigenvalue weighted by Gasteiger charge is 2.10. The summed E-state index contributed by atoms with van der Waals surface area (Å²) in [4.78, 5) is 3.27. The van der Waals surface area contributed by atoms with Crippen LogP contribution in [0.25, 0.3) is 10.9 Å². The van der Waals surface area contributed by atoms with Crippen LogP contribution in [0, 0.1) is 0 Å². The zero-order valence-electron chi connectivity index (χ0n) is 10.5. The first-order valence-corrected chi connectivity index (χ1v) is 7.52. The highest BCUT2D eigenvalue weighted by atomic mass is 32.2. The predicted octanol–water partition coefficient (Wildman–Crippen LogP) is 2.98. The molecule has 1 heterocycles. The third-order valence-electron chi connectivity index (χ3n) is 2.99. The topological polar surface area (TPSA) is 62.3 Å². The number of nitrogens with one attached hydrogen (secondary N) is 1. The molecule has 0 saturated carbocycles. The number of hydrogen-bond donors (Lipinski definition) is 1. The lowest BCUT2D eigenvalue weighted by Crippen LogP contribution is -1.97. The van der Waals surface area contributed by atoms with E-state index in [2.05, 4.69) is 9.38 Å². The fourth-order valence-electron chi connectivity index (χ4n) is 1.98. The summed E-state index contributed by atoms with van der Waals surface area (Å²) >= 11 is 0. The molecule has 3 rings (SSSR count). The molecule has 100 valence electrons. The van der Waals surface area contributed by atoms with E-state index in [9.17, 15) is 8.42 Å². The molecule has 0 spiro atoms. The zero-order valence-corrected chi connectivity index (χ0v) is 11.3. The van der Waals surface area contributed by atoms with Crippen LogP contribution in [0.4, 0.5) is 0 Å². The van der Waals surface area contributed by atoms with E-state index in [4.69, 9.17) is 0 Å². The van der Waals surface area contributed by atoms with Gasteiger partial charge in [-0.3, -0.25) is 0 Å². The van der Waals surface area contributed by atoms with E-state index in [1.165, 1.54) is 18.3 Å². The van der Waals surface area contributed by atoms with E-state index in [1.807, 2.05) is 24.3 Å². The SMILES string of the molecule is O=S(=O)(N=Cc1c[nH]c2ccccc12)c1ccccc1. The molecule has 0 radical (unpaired) electrons. The molecule has 0 aliphatic heterocycles. The van der Waals surface area contributed by atoms with E-state index >= 15 is 0 Å². The number of benzene rings is 2. The fourth-order valence-corrected chi connectivity index (χ4v) is 2.86. The number of hydrogen-bond acceptors (Lipinski definition) is 2. The number of H-pyrrole nitrogens is 1.